The molecule has 0 bridgehead atoms. The lowest BCUT2D eigenvalue weighted by Crippen LogP contribution is -1.93. The highest BCUT2D eigenvalue weighted by atomic mass is 15.0. The molecule has 0 fully saturated rings. The first-order chi connectivity index (χ1) is 17.3. The lowest BCUT2D eigenvalue weighted by atomic mass is 9.96. The predicted molar refractivity (Wildman–Crippen MR) is 142 cm³/mol. The molecule has 0 atom stereocenters. The van der Waals surface area contributed by atoms with Crippen LogP contribution in [0.3, 0.4) is 0 Å². The van der Waals surface area contributed by atoms with Crippen LogP contribution in [0.1, 0.15) is 22.3 Å². The van der Waals surface area contributed by atoms with Gasteiger partial charge in [-0.2, -0.15) is 0 Å². The number of hydrogen-bond donors (Lipinski definition) is 0. The van der Waals surface area contributed by atoms with Crippen molar-refractivity contribution in [3.63, 3.8) is 0 Å². The molecule has 3 heterocycles. The summed E-state index contributed by atoms with van der Waals surface area (Å²) in [6.45, 7) is 0. The topological polar surface area (TPSA) is 30.2 Å². The molecule has 3 aromatic heterocycles. The number of benzene rings is 4. The van der Waals surface area contributed by atoms with Crippen LogP contribution in [0.5, 0.6) is 0 Å². The first-order valence-corrected chi connectivity index (χ1v) is 12.2. The van der Waals surface area contributed by atoms with E-state index in [4.69, 9.17) is 4.98 Å². The van der Waals surface area contributed by atoms with Crippen molar-refractivity contribution in [1.29, 1.82) is 0 Å². The maximum Gasteiger partial charge on any atom is 0.146 e. The van der Waals surface area contributed by atoms with E-state index in [1.165, 1.54) is 60.7 Å². The van der Waals surface area contributed by atoms with E-state index in [1.807, 2.05) is 12.4 Å². The van der Waals surface area contributed by atoms with Gasteiger partial charge in [0.2, 0.25) is 0 Å². The molecule has 35 heavy (non-hydrogen) atoms. The Morgan fingerprint density at radius 1 is 0.571 bits per heavy atom. The molecule has 0 amide bonds. The molecule has 0 spiro atoms. The van der Waals surface area contributed by atoms with Gasteiger partial charge in [0.25, 0.3) is 0 Å². The van der Waals surface area contributed by atoms with Crippen LogP contribution >= 0.6 is 0 Å². The van der Waals surface area contributed by atoms with Crippen molar-refractivity contribution in [1.82, 2.24) is 14.4 Å². The van der Waals surface area contributed by atoms with Gasteiger partial charge in [0.1, 0.15) is 5.65 Å². The molecule has 3 heteroatoms. The van der Waals surface area contributed by atoms with Crippen molar-refractivity contribution in [2.75, 3.05) is 0 Å². The summed E-state index contributed by atoms with van der Waals surface area (Å²) in [7, 11) is 0. The number of hydrogen-bond acceptors (Lipinski definition) is 2. The molecule has 162 valence electrons. The third-order valence-electron chi connectivity index (χ3n) is 8.06. The van der Waals surface area contributed by atoms with Crippen LogP contribution in [0.2, 0.25) is 0 Å². The van der Waals surface area contributed by atoms with Gasteiger partial charge in [-0.25, -0.2) is 4.98 Å². The molecular weight excluding hydrogens is 426 g/mol. The summed E-state index contributed by atoms with van der Waals surface area (Å²) in [6, 6.07) is 29.0. The van der Waals surface area contributed by atoms with E-state index in [0.717, 1.165) is 35.0 Å². The number of aromatic nitrogens is 3. The molecule has 9 rings (SSSR count). The Hall–Kier alpha value is -4.50. The first-order valence-electron chi connectivity index (χ1n) is 12.2. The molecule has 2 aliphatic rings. The number of pyridine rings is 2. The van der Waals surface area contributed by atoms with E-state index in [0.29, 0.717) is 0 Å². The third-order valence-corrected chi connectivity index (χ3v) is 8.06. The third kappa shape index (κ3) is 2.21. The van der Waals surface area contributed by atoms with Crippen molar-refractivity contribution < 1.29 is 0 Å². The Balaban J connectivity index is 1.39. The fourth-order valence-electron chi connectivity index (χ4n) is 6.53. The van der Waals surface area contributed by atoms with Crippen molar-refractivity contribution in [3.05, 3.63) is 114 Å². The second-order valence-electron chi connectivity index (χ2n) is 9.88. The summed E-state index contributed by atoms with van der Waals surface area (Å²) in [5, 5.41) is 3.59. The van der Waals surface area contributed by atoms with E-state index in [1.54, 1.807) is 0 Å². The van der Waals surface area contributed by atoms with Gasteiger partial charge in [-0.15, -0.1) is 0 Å². The second-order valence-corrected chi connectivity index (χ2v) is 9.88. The lowest BCUT2D eigenvalue weighted by Gasteiger charge is -2.11. The average molecular weight is 446 g/mol. The Morgan fingerprint density at radius 2 is 1.34 bits per heavy atom. The highest BCUT2D eigenvalue weighted by Gasteiger charge is 2.26. The molecule has 0 unspecified atom stereocenters. The van der Waals surface area contributed by atoms with Crippen LogP contribution in [0.15, 0.2) is 91.3 Å². The summed E-state index contributed by atoms with van der Waals surface area (Å²) in [4.78, 5) is 9.60. The maximum atomic E-state index is 5.09. The largest absolute Gasteiger partial charge is 0.292 e. The Labute approximate surface area is 201 Å². The van der Waals surface area contributed by atoms with E-state index in [2.05, 4.69) is 88.2 Å². The van der Waals surface area contributed by atoms with E-state index in [-0.39, 0.29) is 0 Å². The van der Waals surface area contributed by atoms with Crippen LogP contribution in [-0.4, -0.2) is 14.4 Å². The maximum absolute atomic E-state index is 5.09. The first kappa shape index (κ1) is 17.9. The number of para-hydroxylation sites is 2. The molecule has 0 saturated heterocycles. The van der Waals surface area contributed by atoms with E-state index in [9.17, 15) is 0 Å². The minimum atomic E-state index is 0.974. The van der Waals surface area contributed by atoms with Gasteiger partial charge in [0.05, 0.1) is 16.6 Å². The zero-order chi connectivity index (χ0) is 22.7. The van der Waals surface area contributed by atoms with E-state index >= 15 is 0 Å². The quantitative estimate of drug-likeness (QED) is 0.229. The van der Waals surface area contributed by atoms with Gasteiger partial charge in [0, 0.05) is 23.2 Å². The summed E-state index contributed by atoms with van der Waals surface area (Å²) >= 11 is 0. The smallest absolute Gasteiger partial charge is 0.146 e. The summed E-state index contributed by atoms with van der Waals surface area (Å²) in [6.07, 6.45) is 5.90. The average Bonchev–Trinajstić information content (AvgIpc) is 3.57. The highest BCUT2D eigenvalue weighted by Crippen LogP contribution is 2.46. The number of imidazole rings is 1. The predicted octanol–water partition coefficient (Wildman–Crippen LogP) is 7.33. The van der Waals surface area contributed by atoms with Gasteiger partial charge in [0.15, 0.2) is 0 Å². The molecule has 0 N–H and O–H groups in total. The highest BCUT2D eigenvalue weighted by molar-refractivity contribution is 6.15. The Morgan fingerprint density at radius 3 is 2.31 bits per heavy atom. The van der Waals surface area contributed by atoms with Gasteiger partial charge in [-0.3, -0.25) is 9.38 Å². The monoisotopic (exact) mass is 445 g/mol. The fraction of sp³-hybridized carbons (Fsp3) is 0.0625. The van der Waals surface area contributed by atoms with Crippen LogP contribution in [0.4, 0.5) is 0 Å². The molecule has 0 radical (unpaired) electrons. The van der Waals surface area contributed by atoms with Gasteiger partial charge >= 0.3 is 0 Å². The normalized spacial score (nSPS) is 13.5. The summed E-state index contributed by atoms with van der Waals surface area (Å²) in [5.41, 5.74) is 15.6. The molecular formula is C32H19N3. The van der Waals surface area contributed by atoms with Crippen LogP contribution < -0.4 is 0 Å². The Kier molecular flexibility index (Phi) is 3.14. The number of fused-ring (bicyclic) bond motifs is 14. The van der Waals surface area contributed by atoms with Gasteiger partial charge < -0.3 is 0 Å². The zero-order valence-electron chi connectivity index (χ0n) is 18.9. The van der Waals surface area contributed by atoms with Crippen LogP contribution in [0.25, 0.3) is 60.6 Å². The Bertz CT molecular complexity index is 2060. The number of rotatable bonds is 0. The standard InChI is InChI=1S/C32H19N3/c1-2-6-22-18(5-1)11-19-12-20-13-21-14-27-26(16-25(21)24(20)15-23(19)22)28-17-33-10-9-30(28)35-31-8-4-3-7-29(31)34-32(27)35/h1-10,12,14-17H,11,13H2. The van der Waals surface area contributed by atoms with Crippen LogP contribution in [-0.2, 0) is 12.8 Å². The summed E-state index contributed by atoms with van der Waals surface area (Å²) < 4.78 is 2.30. The van der Waals surface area contributed by atoms with E-state index < -0.39 is 0 Å². The van der Waals surface area contributed by atoms with Crippen molar-refractivity contribution in [2.45, 2.75) is 12.8 Å². The van der Waals surface area contributed by atoms with Crippen molar-refractivity contribution in [2.24, 2.45) is 0 Å². The van der Waals surface area contributed by atoms with Crippen molar-refractivity contribution in [3.8, 4) is 22.3 Å². The van der Waals surface area contributed by atoms with Crippen molar-refractivity contribution >= 4 is 38.4 Å². The molecule has 2 aliphatic carbocycles. The molecule has 0 aliphatic heterocycles. The van der Waals surface area contributed by atoms with Gasteiger partial charge in [-0.1, -0.05) is 42.5 Å². The molecule has 3 nitrogen and oxygen atoms in total. The second kappa shape index (κ2) is 6.13. The van der Waals surface area contributed by atoms with Gasteiger partial charge in [-0.05, 0) is 99.1 Å². The minimum absolute atomic E-state index is 0.974. The lowest BCUT2D eigenvalue weighted by molar-refractivity contribution is 1.21. The molecule has 7 aromatic rings. The molecule has 4 aromatic carbocycles. The number of nitrogens with zero attached hydrogens (tertiary/aromatic N) is 3. The fourth-order valence-corrected chi connectivity index (χ4v) is 6.53. The SMILES string of the molecule is c1ccc2c(c1)Cc1cc3c(cc1-2)-c1cc2c4cnccc4n4c5ccccc5nc4c2cc1C3. The minimum Gasteiger partial charge on any atom is -0.292 e. The van der Waals surface area contributed by atoms with Crippen LogP contribution in [0, 0.1) is 0 Å². The summed E-state index contributed by atoms with van der Waals surface area (Å²) in [5.74, 6) is 0. The molecule has 0 saturated carbocycles. The zero-order valence-corrected chi connectivity index (χ0v) is 18.9.